The second-order valence-electron chi connectivity index (χ2n) is 9.34. The number of carbonyl (C=O) groups is 1. The van der Waals surface area contributed by atoms with Gasteiger partial charge in [-0.3, -0.25) is 4.79 Å². The zero-order chi connectivity index (χ0) is 22.0. The molecule has 170 valence electrons. The van der Waals surface area contributed by atoms with Crippen LogP contribution in [0.15, 0.2) is 23.8 Å². The van der Waals surface area contributed by atoms with Gasteiger partial charge in [-0.2, -0.15) is 4.39 Å². The minimum atomic E-state index is -0.906. The Bertz CT molecular complexity index is 826. The van der Waals surface area contributed by atoms with Crippen LogP contribution in [0.5, 0.6) is 5.75 Å². The van der Waals surface area contributed by atoms with Gasteiger partial charge < -0.3 is 9.47 Å². The molecule has 3 aliphatic carbocycles. The molecule has 3 aliphatic rings. The van der Waals surface area contributed by atoms with Crippen molar-refractivity contribution in [1.82, 2.24) is 0 Å². The summed E-state index contributed by atoms with van der Waals surface area (Å²) in [5.41, 5.74) is 1.96. The number of benzene rings is 1. The smallest absolute Gasteiger partial charge is 0.309 e. The van der Waals surface area contributed by atoms with Crippen LogP contribution >= 0.6 is 0 Å². The fourth-order valence-corrected chi connectivity index (χ4v) is 6.04. The van der Waals surface area contributed by atoms with Gasteiger partial charge in [-0.05, 0) is 87.7 Å². The third-order valence-corrected chi connectivity index (χ3v) is 7.57. The van der Waals surface area contributed by atoms with E-state index in [0.29, 0.717) is 49.7 Å². The summed E-state index contributed by atoms with van der Waals surface area (Å²) < 4.78 is 39.8. The molecular weight excluding hydrogens is 398 g/mol. The molecule has 0 saturated heterocycles. The van der Waals surface area contributed by atoms with Crippen LogP contribution in [-0.4, -0.2) is 18.7 Å². The topological polar surface area (TPSA) is 35.5 Å². The molecule has 0 aliphatic heterocycles. The quantitative estimate of drug-likeness (QED) is 0.355. The fraction of sp³-hybridized carbons (Fsp3) is 0.654. The van der Waals surface area contributed by atoms with Crippen LogP contribution < -0.4 is 4.74 Å². The Morgan fingerprint density at radius 2 is 1.81 bits per heavy atom. The van der Waals surface area contributed by atoms with Gasteiger partial charge in [0.2, 0.25) is 5.82 Å². The second kappa shape index (κ2) is 9.70. The second-order valence-corrected chi connectivity index (χ2v) is 9.34. The Balaban J connectivity index is 1.30. The van der Waals surface area contributed by atoms with Crippen LogP contribution in [0.2, 0.25) is 0 Å². The third kappa shape index (κ3) is 4.51. The van der Waals surface area contributed by atoms with Gasteiger partial charge in [0, 0.05) is 0 Å². The molecule has 4 rings (SSSR count). The molecule has 0 bridgehead atoms. The largest absolute Gasteiger partial charge is 0.491 e. The molecule has 0 heterocycles. The van der Waals surface area contributed by atoms with Crippen molar-refractivity contribution >= 4 is 5.97 Å². The molecule has 3 nitrogen and oxygen atoms in total. The summed E-state index contributed by atoms with van der Waals surface area (Å²) in [5, 5.41) is 0. The number of fused-ring (bicyclic) bond motifs is 1. The van der Waals surface area contributed by atoms with Crippen molar-refractivity contribution in [2.45, 2.75) is 83.7 Å². The maximum atomic E-state index is 14.5. The van der Waals surface area contributed by atoms with Gasteiger partial charge in [0.05, 0.1) is 12.5 Å². The Kier molecular flexibility index (Phi) is 6.98. The van der Waals surface area contributed by atoms with Gasteiger partial charge in [0.1, 0.15) is 6.10 Å². The molecule has 0 aromatic heterocycles. The highest BCUT2D eigenvalue weighted by atomic mass is 19.2. The molecule has 2 saturated carbocycles. The van der Waals surface area contributed by atoms with E-state index in [1.54, 1.807) is 18.6 Å². The van der Waals surface area contributed by atoms with E-state index in [9.17, 15) is 13.6 Å². The Morgan fingerprint density at radius 3 is 2.52 bits per heavy atom. The van der Waals surface area contributed by atoms with Crippen molar-refractivity contribution in [3.8, 4) is 5.75 Å². The molecule has 0 N–H and O–H groups in total. The molecular formula is C26H34F2O3. The maximum Gasteiger partial charge on any atom is 0.309 e. The lowest BCUT2D eigenvalue weighted by Gasteiger charge is -2.30. The summed E-state index contributed by atoms with van der Waals surface area (Å²) in [7, 11) is 0. The molecule has 0 spiro atoms. The van der Waals surface area contributed by atoms with Crippen LogP contribution in [0, 0.1) is 29.4 Å². The average Bonchev–Trinajstić information content (AvgIpc) is 3.36. The van der Waals surface area contributed by atoms with Crippen molar-refractivity contribution in [2.75, 3.05) is 6.61 Å². The van der Waals surface area contributed by atoms with Crippen LogP contribution in [-0.2, 0) is 9.53 Å². The molecule has 3 atom stereocenters. The van der Waals surface area contributed by atoms with E-state index in [2.05, 4.69) is 13.0 Å². The SMILES string of the molecule is CCCC1=CCC2C(C(=O)OC3CCC(c4ccc(OCC)c(F)c4F)CC3)CCC12. The Labute approximate surface area is 184 Å². The standard InChI is InChI=1S/C26H34F2O3/c1-3-5-16-8-11-21-19(16)12-13-22(21)26(29)31-18-9-6-17(7-10-18)20-14-15-23(30-4-2)25(28)24(20)27/h8,14-15,17-19,21-22H,3-7,9-13H2,1-2H3. The zero-order valence-electron chi connectivity index (χ0n) is 18.7. The molecule has 2 fully saturated rings. The summed E-state index contributed by atoms with van der Waals surface area (Å²) in [6.07, 6.45) is 10.4. The lowest BCUT2D eigenvalue weighted by Crippen LogP contribution is -2.29. The summed E-state index contributed by atoms with van der Waals surface area (Å²) in [5.74, 6) is -0.823. The maximum absolute atomic E-state index is 14.5. The molecule has 0 amide bonds. The minimum absolute atomic E-state index is 0.0194. The normalized spacial score (nSPS) is 30.1. The zero-order valence-corrected chi connectivity index (χ0v) is 18.7. The lowest BCUT2D eigenvalue weighted by molar-refractivity contribution is -0.157. The van der Waals surface area contributed by atoms with E-state index in [1.165, 1.54) is 6.07 Å². The number of hydrogen-bond donors (Lipinski definition) is 0. The van der Waals surface area contributed by atoms with Crippen molar-refractivity contribution in [1.29, 1.82) is 0 Å². The van der Waals surface area contributed by atoms with E-state index in [0.717, 1.165) is 32.1 Å². The third-order valence-electron chi connectivity index (χ3n) is 7.57. The van der Waals surface area contributed by atoms with Gasteiger partial charge in [-0.25, -0.2) is 4.39 Å². The Morgan fingerprint density at radius 1 is 1.03 bits per heavy atom. The summed E-state index contributed by atoms with van der Waals surface area (Å²) in [6.45, 7) is 4.25. The van der Waals surface area contributed by atoms with Gasteiger partial charge in [0.25, 0.3) is 0 Å². The van der Waals surface area contributed by atoms with Crippen LogP contribution in [0.3, 0.4) is 0 Å². The monoisotopic (exact) mass is 432 g/mol. The molecule has 0 radical (unpaired) electrons. The van der Waals surface area contributed by atoms with Crippen molar-refractivity contribution in [3.63, 3.8) is 0 Å². The fourth-order valence-electron chi connectivity index (χ4n) is 6.04. The van der Waals surface area contributed by atoms with Crippen molar-refractivity contribution in [3.05, 3.63) is 41.0 Å². The number of ether oxygens (including phenoxy) is 2. The van der Waals surface area contributed by atoms with E-state index in [4.69, 9.17) is 9.47 Å². The van der Waals surface area contributed by atoms with Gasteiger partial charge in [-0.1, -0.05) is 31.1 Å². The predicted octanol–water partition coefficient (Wildman–Crippen LogP) is 6.71. The Hall–Kier alpha value is -1.91. The minimum Gasteiger partial charge on any atom is -0.491 e. The molecule has 1 aromatic rings. The molecule has 31 heavy (non-hydrogen) atoms. The number of rotatable bonds is 7. The first-order valence-corrected chi connectivity index (χ1v) is 12.0. The highest BCUT2D eigenvalue weighted by Crippen LogP contribution is 2.49. The summed E-state index contributed by atoms with van der Waals surface area (Å²) in [6, 6.07) is 3.16. The number of halogens is 2. The van der Waals surface area contributed by atoms with Crippen molar-refractivity contribution in [2.24, 2.45) is 17.8 Å². The summed E-state index contributed by atoms with van der Waals surface area (Å²) in [4.78, 5) is 12.9. The highest BCUT2D eigenvalue weighted by molar-refractivity contribution is 5.74. The first kappa shape index (κ1) is 22.3. The van der Waals surface area contributed by atoms with Crippen LogP contribution in [0.4, 0.5) is 8.78 Å². The van der Waals surface area contributed by atoms with Crippen molar-refractivity contribution < 1.29 is 23.0 Å². The van der Waals surface area contributed by atoms with E-state index in [1.807, 2.05) is 0 Å². The first-order valence-electron chi connectivity index (χ1n) is 12.0. The number of hydrogen-bond acceptors (Lipinski definition) is 3. The van der Waals surface area contributed by atoms with Gasteiger partial charge in [-0.15, -0.1) is 0 Å². The summed E-state index contributed by atoms with van der Waals surface area (Å²) >= 11 is 0. The van der Waals surface area contributed by atoms with Crippen LogP contribution in [0.1, 0.15) is 83.1 Å². The first-order chi connectivity index (χ1) is 15.0. The molecule has 5 heteroatoms. The average molecular weight is 433 g/mol. The van der Waals surface area contributed by atoms with E-state index >= 15 is 0 Å². The molecule has 1 aromatic carbocycles. The number of carbonyl (C=O) groups excluding carboxylic acids is 1. The van der Waals surface area contributed by atoms with E-state index < -0.39 is 11.6 Å². The lowest BCUT2D eigenvalue weighted by atomic mass is 9.82. The van der Waals surface area contributed by atoms with Gasteiger partial charge >= 0.3 is 5.97 Å². The number of esters is 1. The number of allylic oxidation sites excluding steroid dienone is 2. The van der Waals surface area contributed by atoms with Crippen LogP contribution in [0.25, 0.3) is 0 Å². The van der Waals surface area contributed by atoms with Gasteiger partial charge in [0.15, 0.2) is 11.6 Å². The predicted molar refractivity (Wildman–Crippen MR) is 116 cm³/mol. The highest BCUT2D eigenvalue weighted by Gasteiger charge is 2.44. The van der Waals surface area contributed by atoms with E-state index in [-0.39, 0.29) is 29.7 Å². The molecule has 3 unspecified atom stereocenters.